The Kier molecular flexibility index (Phi) is 5.61. The van der Waals surface area contributed by atoms with Crippen LogP contribution in [0.3, 0.4) is 0 Å². The van der Waals surface area contributed by atoms with Crippen molar-refractivity contribution in [2.75, 3.05) is 48.4 Å². The molecule has 0 unspecified atom stereocenters. The van der Waals surface area contributed by atoms with Crippen molar-refractivity contribution >= 4 is 23.1 Å². The molecule has 2 heterocycles. The molecule has 0 atom stereocenters. The number of pyridine rings is 1. The molecule has 1 aliphatic heterocycles. The van der Waals surface area contributed by atoms with Gasteiger partial charge in [0.25, 0.3) is 5.91 Å². The minimum absolute atomic E-state index is 0.152. The van der Waals surface area contributed by atoms with E-state index in [1.165, 1.54) is 0 Å². The lowest BCUT2D eigenvalue weighted by molar-refractivity contribution is 0.102. The third kappa shape index (κ3) is 4.48. The predicted octanol–water partition coefficient (Wildman–Crippen LogP) is 3.67. The Morgan fingerprint density at radius 1 is 0.931 bits per heavy atom. The summed E-state index contributed by atoms with van der Waals surface area (Å²) in [6.45, 7) is 3.74. The lowest BCUT2D eigenvalue weighted by atomic mass is 10.2. The number of anilines is 3. The van der Waals surface area contributed by atoms with Gasteiger partial charge < -0.3 is 19.9 Å². The minimum Gasteiger partial charge on any atom is -0.497 e. The molecule has 3 aromatic rings. The highest BCUT2D eigenvalue weighted by molar-refractivity contribution is 6.04. The first kappa shape index (κ1) is 18.8. The molecule has 1 aliphatic rings. The second-order valence-electron chi connectivity index (χ2n) is 6.89. The van der Waals surface area contributed by atoms with Crippen LogP contribution in [0.25, 0.3) is 0 Å². The highest BCUT2D eigenvalue weighted by atomic mass is 16.5. The average Bonchev–Trinajstić information content (AvgIpc) is 2.80. The van der Waals surface area contributed by atoms with Crippen LogP contribution in [0.15, 0.2) is 72.9 Å². The second kappa shape index (κ2) is 8.65. The summed E-state index contributed by atoms with van der Waals surface area (Å²) < 4.78 is 5.18. The van der Waals surface area contributed by atoms with Crippen LogP contribution >= 0.6 is 0 Å². The van der Waals surface area contributed by atoms with Gasteiger partial charge in [-0.15, -0.1) is 0 Å². The lowest BCUT2D eigenvalue weighted by Crippen LogP contribution is -2.46. The SMILES string of the molecule is COc1cccc(C(=O)Nc2ccc(N3CCN(c4ccccn4)CC3)cc2)c1. The van der Waals surface area contributed by atoms with Crippen LogP contribution in [0, 0.1) is 0 Å². The van der Waals surface area contributed by atoms with Crippen LogP contribution < -0.4 is 19.9 Å². The third-order valence-corrected chi connectivity index (χ3v) is 5.08. The zero-order valence-electron chi connectivity index (χ0n) is 16.4. The molecular weight excluding hydrogens is 364 g/mol. The molecule has 1 saturated heterocycles. The molecule has 1 aromatic heterocycles. The van der Waals surface area contributed by atoms with Crippen molar-refractivity contribution in [2.45, 2.75) is 0 Å². The molecular formula is C23H24N4O2. The van der Waals surface area contributed by atoms with Gasteiger partial charge in [-0.05, 0) is 54.6 Å². The van der Waals surface area contributed by atoms with Crippen molar-refractivity contribution < 1.29 is 9.53 Å². The summed E-state index contributed by atoms with van der Waals surface area (Å²) in [6, 6.07) is 21.1. The number of piperazine rings is 1. The Labute approximate surface area is 170 Å². The number of hydrogen-bond donors (Lipinski definition) is 1. The lowest BCUT2D eigenvalue weighted by Gasteiger charge is -2.36. The van der Waals surface area contributed by atoms with Crippen LogP contribution in [-0.2, 0) is 0 Å². The van der Waals surface area contributed by atoms with Crippen molar-refractivity contribution in [3.05, 3.63) is 78.5 Å². The van der Waals surface area contributed by atoms with Gasteiger partial charge >= 0.3 is 0 Å². The van der Waals surface area contributed by atoms with E-state index in [2.05, 4.69) is 38.3 Å². The van der Waals surface area contributed by atoms with E-state index in [9.17, 15) is 4.79 Å². The monoisotopic (exact) mass is 388 g/mol. The van der Waals surface area contributed by atoms with Crippen LogP contribution in [0.2, 0.25) is 0 Å². The van der Waals surface area contributed by atoms with E-state index >= 15 is 0 Å². The zero-order valence-corrected chi connectivity index (χ0v) is 16.4. The molecule has 1 fully saturated rings. The van der Waals surface area contributed by atoms with E-state index in [4.69, 9.17) is 4.74 Å². The van der Waals surface area contributed by atoms with Gasteiger partial charge in [0.05, 0.1) is 7.11 Å². The second-order valence-corrected chi connectivity index (χ2v) is 6.89. The number of hydrogen-bond acceptors (Lipinski definition) is 5. The van der Waals surface area contributed by atoms with Crippen LogP contribution in [0.5, 0.6) is 5.75 Å². The van der Waals surface area contributed by atoms with Gasteiger partial charge in [-0.25, -0.2) is 4.98 Å². The Morgan fingerprint density at radius 3 is 2.38 bits per heavy atom. The van der Waals surface area contributed by atoms with Crippen molar-refractivity contribution in [3.8, 4) is 5.75 Å². The maximum absolute atomic E-state index is 12.5. The smallest absolute Gasteiger partial charge is 0.255 e. The Hall–Kier alpha value is -3.54. The third-order valence-electron chi connectivity index (χ3n) is 5.08. The van der Waals surface area contributed by atoms with Crippen LogP contribution in [0.4, 0.5) is 17.2 Å². The highest BCUT2D eigenvalue weighted by Gasteiger charge is 2.18. The molecule has 1 amide bonds. The molecule has 0 radical (unpaired) electrons. The van der Waals surface area contributed by atoms with Gasteiger partial charge in [0.2, 0.25) is 0 Å². The first-order valence-corrected chi connectivity index (χ1v) is 9.69. The molecule has 0 spiro atoms. The van der Waals surface area contributed by atoms with Gasteiger partial charge in [0.1, 0.15) is 11.6 Å². The first-order valence-electron chi connectivity index (χ1n) is 9.69. The van der Waals surface area contributed by atoms with Gasteiger partial charge in [0, 0.05) is 49.3 Å². The fraction of sp³-hybridized carbons (Fsp3) is 0.217. The Bertz CT molecular complexity index is 952. The number of nitrogens with one attached hydrogen (secondary N) is 1. The molecule has 1 N–H and O–H groups in total. The van der Waals surface area contributed by atoms with Crippen molar-refractivity contribution in [3.63, 3.8) is 0 Å². The zero-order chi connectivity index (χ0) is 20.1. The average molecular weight is 388 g/mol. The van der Waals surface area contributed by atoms with E-state index in [0.29, 0.717) is 11.3 Å². The fourth-order valence-corrected chi connectivity index (χ4v) is 3.46. The molecule has 0 bridgehead atoms. The molecule has 148 valence electrons. The number of amides is 1. The summed E-state index contributed by atoms with van der Waals surface area (Å²) in [6.07, 6.45) is 1.83. The number of nitrogens with zero attached hydrogens (tertiary/aromatic N) is 3. The van der Waals surface area contributed by atoms with Gasteiger partial charge in [-0.2, -0.15) is 0 Å². The largest absolute Gasteiger partial charge is 0.497 e. The number of ether oxygens (including phenoxy) is 1. The molecule has 6 heteroatoms. The summed E-state index contributed by atoms with van der Waals surface area (Å²) in [4.78, 5) is 21.5. The normalized spacial score (nSPS) is 13.8. The van der Waals surface area contributed by atoms with Crippen molar-refractivity contribution in [1.29, 1.82) is 0 Å². The number of benzene rings is 2. The maximum Gasteiger partial charge on any atom is 0.255 e. The number of aromatic nitrogens is 1. The van der Waals surface area contributed by atoms with E-state index in [-0.39, 0.29) is 5.91 Å². The minimum atomic E-state index is -0.152. The molecule has 2 aromatic carbocycles. The molecule has 4 rings (SSSR count). The fourth-order valence-electron chi connectivity index (χ4n) is 3.46. The molecule has 0 aliphatic carbocycles. The standard InChI is InChI=1S/C23H24N4O2/c1-29-21-6-4-5-18(17-21)23(28)25-19-8-10-20(11-9-19)26-13-15-27(16-14-26)22-7-2-3-12-24-22/h2-12,17H,13-16H2,1H3,(H,25,28). The van der Waals surface area contributed by atoms with Gasteiger partial charge in [-0.1, -0.05) is 12.1 Å². The summed E-state index contributed by atoms with van der Waals surface area (Å²) in [7, 11) is 1.59. The van der Waals surface area contributed by atoms with Crippen molar-refractivity contribution in [1.82, 2.24) is 4.98 Å². The van der Waals surface area contributed by atoms with E-state index < -0.39 is 0 Å². The predicted molar refractivity (Wildman–Crippen MR) is 116 cm³/mol. The maximum atomic E-state index is 12.5. The number of carbonyl (C=O) groups is 1. The summed E-state index contributed by atoms with van der Waals surface area (Å²) in [5.41, 5.74) is 2.50. The summed E-state index contributed by atoms with van der Waals surface area (Å²) in [5, 5.41) is 2.94. The Morgan fingerprint density at radius 2 is 1.69 bits per heavy atom. The van der Waals surface area contributed by atoms with E-state index in [0.717, 1.165) is 43.4 Å². The van der Waals surface area contributed by atoms with E-state index in [1.807, 2.05) is 36.5 Å². The summed E-state index contributed by atoms with van der Waals surface area (Å²) >= 11 is 0. The van der Waals surface area contributed by atoms with Crippen LogP contribution in [-0.4, -0.2) is 44.2 Å². The van der Waals surface area contributed by atoms with Gasteiger partial charge in [0.15, 0.2) is 0 Å². The summed E-state index contributed by atoms with van der Waals surface area (Å²) in [5.74, 6) is 1.54. The number of carbonyl (C=O) groups excluding carboxylic acids is 1. The molecule has 0 saturated carbocycles. The van der Waals surface area contributed by atoms with Gasteiger partial charge in [-0.3, -0.25) is 4.79 Å². The van der Waals surface area contributed by atoms with Crippen molar-refractivity contribution in [2.24, 2.45) is 0 Å². The number of rotatable bonds is 5. The first-order chi connectivity index (χ1) is 14.2. The topological polar surface area (TPSA) is 57.7 Å². The Balaban J connectivity index is 1.35. The molecule has 6 nitrogen and oxygen atoms in total. The highest BCUT2D eigenvalue weighted by Crippen LogP contribution is 2.22. The quantitative estimate of drug-likeness (QED) is 0.723. The van der Waals surface area contributed by atoms with Crippen LogP contribution in [0.1, 0.15) is 10.4 Å². The molecule has 29 heavy (non-hydrogen) atoms. The van der Waals surface area contributed by atoms with E-state index in [1.54, 1.807) is 25.3 Å². The number of methoxy groups -OCH3 is 1.